The van der Waals surface area contributed by atoms with Gasteiger partial charge in [-0.2, -0.15) is 0 Å². The van der Waals surface area contributed by atoms with Crippen LogP contribution in [0.15, 0.2) is 35.1 Å². The lowest BCUT2D eigenvalue weighted by Gasteiger charge is -2.28. The summed E-state index contributed by atoms with van der Waals surface area (Å²) in [6.07, 6.45) is 1.43. The van der Waals surface area contributed by atoms with Gasteiger partial charge in [-0.15, -0.1) is 0 Å². The highest BCUT2D eigenvalue weighted by Crippen LogP contribution is 2.29. The number of rotatable bonds is 3. The minimum atomic E-state index is 0.387. The van der Waals surface area contributed by atoms with E-state index in [0.29, 0.717) is 15.4 Å². The number of anilines is 3. The lowest BCUT2D eigenvalue weighted by atomic mass is 10.2. The van der Waals surface area contributed by atoms with Gasteiger partial charge in [-0.25, -0.2) is 9.97 Å². The Hall–Kier alpha value is -1.37. The largest absolute Gasteiger partial charge is 0.378 e. The molecule has 0 amide bonds. The molecule has 21 heavy (non-hydrogen) atoms. The van der Waals surface area contributed by atoms with Crippen LogP contribution in [0, 0.1) is 0 Å². The summed E-state index contributed by atoms with van der Waals surface area (Å²) in [5, 5.41) is 3.60. The second-order valence-corrected chi connectivity index (χ2v) is 5.75. The van der Waals surface area contributed by atoms with E-state index in [1.807, 2.05) is 12.1 Å². The zero-order valence-electron chi connectivity index (χ0n) is 11.2. The van der Waals surface area contributed by atoms with E-state index in [9.17, 15) is 0 Å². The van der Waals surface area contributed by atoms with Crippen LogP contribution >= 0.6 is 27.5 Å². The van der Waals surface area contributed by atoms with E-state index in [2.05, 4.69) is 48.2 Å². The summed E-state index contributed by atoms with van der Waals surface area (Å²) in [6, 6.07) is 8.22. The van der Waals surface area contributed by atoms with Gasteiger partial charge in [-0.05, 0) is 40.2 Å². The molecule has 1 N–H and O–H groups in total. The molecule has 0 aliphatic carbocycles. The van der Waals surface area contributed by atoms with Crippen molar-refractivity contribution in [2.45, 2.75) is 0 Å². The molecule has 7 heteroatoms. The Bertz CT molecular complexity index is 617. The lowest BCUT2D eigenvalue weighted by Crippen LogP contribution is -2.36. The third-order valence-corrected chi connectivity index (χ3v) is 4.52. The van der Waals surface area contributed by atoms with Crippen molar-refractivity contribution in [1.82, 2.24) is 9.97 Å². The van der Waals surface area contributed by atoms with Gasteiger partial charge >= 0.3 is 0 Å². The first-order chi connectivity index (χ1) is 10.2. The van der Waals surface area contributed by atoms with Gasteiger partial charge in [0.05, 0.1) is 17.7 Å². The van der Waals surface area contributed by atoms with Crippen molar-refractivity contribution in [3.63, 3.8) is 0 Å². The molecule has 1 aromatic heterocycles. The molecule has 0 bridgehead atoms. The summed E-state index contributed by atoms with van der Waals surface area (Å²) in [4.78, 5) is 10.4. The van der Waals surface area contributed by atoms with E-state index >= 15 is 0 Å². The Morgan fingerprint density at radius 3 is 2.57 bits per heavy atom. The average molecular weight is 370 g/mol. The van der Waals surface area contributed by atoms with Gasteiger partial charge in [0.2, 0.25) is 0 Å². The van der Waals surface area contributed by atoms with Crippen molar-refractivity contribution in [2.24, 2.45) is 0 Å². The van der Waals surface area contributed by atoms with Crippen LogP contribution in [0.1, 0.15) is 0 Å². The number of hydrogen-bond acceptors (Lipinski definition) is 5. The molecule has 2 aromatic rings. The van der Waals surface area contributed by atoms with Gasteiger partial charge in [0.15, 0.2) is 0 Å². The van der Waals surface area contributed by atoms with E-state index in [0.717, 1.165) is 32.0 Å². The normalized spacial score (nSPS) is 15.0. The summed E-state index contributed by atoms with van der Waals surface area (Å²) in [5.41, 5.74) is 2.14. The molecule has 1 aliphatic rings. The van der Waals surface area contributed by atoms with Crippen molar-refractivity contribution in [2.75, 3.05) is 36.5 Å². The summed E-state index contributed by atoms with van der Waals surface area (Å²) < 4.78 is 6.02. The van der Waals surface area contributed by atoms with E-state index in [4.69, 9.17) is 16.3 Å². The molecule has 110 valence electrons. The molecule has 1 fully saturated rings. The summed E-state index contributed by atoms with van der Waals surface area (Å²) >= 11 is 9.32. The van der Waals surface area contributed by atoms with Crippen LogP contribution in [0.25, 0.3) is 0 Å². The molecule has 0 unspecified atom stereocenters. The van der Waals surface area contributed by atoms with Gasteiger partial charge in [0, 0.05) is 24.5 Å². The number of nitrogens with zero attached hydrogens (tertiary/aromatic N) is 3. The molecular formula is C14H14BrClN4O. The summed E-state index contributed by atoms with van der Waals surface area (Å²) in [7, 11) is 0. The summed E-state index contributed by atoms with van der Waals surface area (Å²) in [5.74, 6) is 0.647. The van der Waals surface area contributed by atoms with Crippen molar-refractivity contribution < 1.29 is 4.74 Å². The smallest absolute Gasteiger partial charge is 0.149 e. The second kappa shape index (κ2) is 6.60. The first-order valence-corrected chi connectivity index (χ1v) is 7.77. The van der Waals surface area contributed by atoms with Gasteiger partial charge in [-0.3, -0.25) is 0 Å². The maximum Gasteiger partial charge on any atom is 0.149 e. The maximum atomic E-state index is 5.95. The Morgan fingerprint density at radius 2 is 1.86 bits per heavy atom. The fourth-order valence-electron chi connectivity index (χ4n) is 2.15. The average Bonchev–Trinajstić information content (AvgIpc) is 2.53. The van der Waals surface area contributed by atoms with Gasteiger partial charge in [-0.1, -0.05) is 11.6 Å². The molecule has 0 saturated carbocycles. The van der Waals surface area contributed by atoms with Crippen molar-refractivity contribution >= 4 is 44.7 Å². The van der Waals surface area contributed by atoms with Crippen LogP contribution in [-0.2, 0) is 4.74 Å². The lowest BCUT2D eigenvalue weighted by molar-refractivity contribution is 0.122. The van der Waals surface area contributed by atoms with E-state index in [1.54, 1.807) is 0 Å². The van der Waals surface area contributed by atoms with E-state index < -0.39 is 0 Å². The highest BCUT2D eigenvalue weighted by atomic mass is 79.9. The third-order valence-electron chi connectivity index (χ3n) is 3.25. The topological polar surface area (TPSA) is 50.3 Å². The standard InChI is InChI=1S/C14H14BrClN4O/c15-12-13(16)17-9-18-14(12)19-10-1-3-11(4-2-10)20-5-7-21-8-6-20/h1-4,9H,5-8H2,(H,17,18,19). The molecule has 5 nitrogen and oxygen atoms in total. The quantitative estimate of drug-likeness (QED) is 0.840. The van der Waals surface area contributed by atoms with Crippen LogP contribution in [0.3, 0.4) is 0 Å². The maximum absolute atomic E-state index is 5.95. The van der Waals surface area contributed by atoms with Crippen LogP contribution in [0.4, 0.5) is 17.2 Å². The van der Waals surface area contributed by atoms with Crippen LogP contribution in [0.2, 0.25) is 5.15 Å². The Kier molecular flexibility index (Phi) is 4.57. The molecule has 1 saturated heterocycles. The number of aromatic nitrogens is 2. The number of ether oxygens (including phenoxy) is 1. The van der Waals surface area contributed by atoms with Crippen LogP contribution in [0.5, 0.6) is 0 Å². The predicted molar refractivity (Wildman–Crippen MR) is 87.5 cm³/mol. The zero-order valence-corrected chi connectivity index (χ0v) is 13.6. The first-order valence-electron chi connectivity index (χ1n) is 6.60. The zero-order chi connectivity index (χ0) is 14.7. The number of nitrogens with one attached hydrogen (secondary N) is 1. The summed E-state index contributed by atoms with van der Waals surface area (Å²) in [6.45, 7) is 3.43. The van der Waals surface area contributed by atoms with Crippen molar-refractivity contribution in [3.05, 3.63) is 40.2 Å². The van der Waals surface area contributed by atoms with Gasteiger partial charge in [0.25, 0.3) is 0 Å². The molecular weight excluding hydrogens is 356 g/mol. The Labute approximate surface area is 136 Å². The van der Waals surface area contributed by atoms with Crippen molar-refractivity contribution in [1.29, 1.82) is 0 Å². The molecule has 0 atom stereocenters. The highest BCUT2D eigenvalue weighted by Gasteiger charge is 2.11. The fraction of sp³-hybridized carbons (Fsp3) is 0.286. The number of hydrogen-bond donors (Lipinski definition) is 1. The minimum Gasteiger partial charge on any atom is -0.378 e. The van der Waals surface area contributed by atoms with E-state index in [-0.39, 0.29) is 0 Å². The SMILES string of the molecule is Clc1ncnc(Nc2ccc(N3CCOCC3)cc2)c1Br. The molecule has 1 aliphatic heterocycles. The van der Waals surface area contributed by atoms with Crippen LogP contribution < -0.4 is 10.2 Å². The fourth-order valence-corrected chi connectivity index (χ4v) is 2.59. The Morgan fingerprint density at radius 1 is 1.14 bits per heavy atom. The third kappa shape index (κ3) is 3.45. The number of benzene rings is 1. The number of morpholine rings is 1. The Balaban J connectivity index is 1.73. The van der Waals surface area contributed by atoms with Gasteiger partial charge < -0.3 is 15.0 Å². The monoisotopic (exact) mass is 368 g/mol. The molecule has 0 spiro atoms. The predicted octanol–water partition coefficient (Wildman–Crippen LogP) is 3.47. The first kappa shape index (κ1) is 14.6. The van der Waals surface area contributed by atoms with Gasteiger partial charge in [0.1, 0.15) is 17.3 Å². The molecule has 0 radical (unpaired) electrons. The molecule has 2 heterocycles. The molecule has 1 aromatic carbocycles. The van der Waals surface area contributed by atoms with E-state index in [1.165, 1.54) is 12.0 Å². The minimum absolute atomic E-state index is 0.387. The van der Waals surface area contributed by atoms with Crippen molar-refractivity contribution in [3.8, 4) is 0 Å². The second-order valence-electron chi connectivity index (χ2n) is 4.60. The number of halogens is 2. The highest BCUT2D eigenvalue weighted by molar-refractivity contribution is 9.10. The van der Waals surface area contributed by atoms with Crippen LogP contribution in [-0.4, -0.2) is 36.3 Å². The molecule has 3 rings (SSSR count).